The van der Waals surface area contributed by atoms with Gasteiger partial charge in [-0.05, 0) is 167 Å². The summed E-state index contributed by atoms with van der Waals surface area (Å²) >= 11 is 0. The van der Waals surface area contributed by atoms with E-state index in [-0.39, 0.29) is 20.9 Å². The van der Waals surface area contributed by atoms with Gasteiger partial charge in [0, 0.05) is 0 Å². The van der Waals surface area contributed by atoms with E-state index in [0.29, 0.717) is 50.8 Å². The molecule has 18 nitrogen and oxygen atoms in total. The lowest BCUT2D eigenvalue weighted by atomic mass is 9.95. The number of hydrogen-bond donors (Lipinski definition) is 4. The molecule has 0 atom stereocenters. The van der Waals surface area contributed by atoms with E-state index in [0.717, 1.165) is 5.56 Å². The van der Waals surface area contributed by atoms with Crippen molar-refractivity contribution in [3.05, 3.63) is 167 Å². The van der Waals surface area contributed by atoms with Crippen LogP contribution in [0.25, 0.3) is 0 Å². The number of hydrogen-bond acceptors (Lipinski definition) is 14. The van der Waals surface area contributed by atoms with Crippen molar-refractivity contribution in [2.75, 3.05) is 0 Å². The number of nitrogens with zero attached hydrogens (tertiary/aromatic N) is 8. The van der Waals surface area contributed by atoms with E-state index >= 15 is 0 Å². The Bertz CT molecular complexity index is 3080. The van der Waals surface area contributed by atoms with Gasteiger partial charge in [-0.3, -0.25) is 9.11 Å². The summed E-state index contributed by atoms with van der Waals surface area (Å²) in [7, 11) is -8.68. The number of benzene rings is 6. The molecule has 0 bridgehead atoms. The average molecular weight is 933 g/mol. The van der Waals surface area contributed by atoms with Crippen LogP contribution in [-0.2, 0) is 31.3 Å². The molecule has 0 aliphatic carbocycles. The zero-order chi connectivity index (χ0) is 48.5. The fourth-order valence-electron chi connectivity index (χ4n) is 5.76. The Kier molecular flexibility index (Phi) is 15.4. The van der Waals surface area contributed by atoms with E-state index < -0.39 is 43.3 Å². The molecule has 0 unspecified atom stereocenters. The molecule has 340 valence electrons. The van der Waals surface area contributed by atoms with Gasteiger partial charge in [-0.15, -0.1) is 0 Å². The van der Waals surface area contributed by atoms with Gasteiger partial charge >= 0.3 is 11.9 Å². The third-order valence-electron chi connectivity index (χ3n) is 9.67. The van der Waals surface area contributed by atoms with Gasteiger partial charge in [0.1, 0.15) is 11.1 Å². The Hall–Kier alpha value is -7.52. The Morgan fingerprint density at radius 1 is 0.409 bits per heavy atom. The lowest BCUT2D eigenvalue weighted by Crippen LogP contribution is -2.14. The van der Waals surface area contributed by atoms with Crippen molar-refractivity contribution < 1.29 is 45.7 Å². The third-order valence-corrected chi connectivity index (χ3v) is 11.7. The summed E-state index contributed by atoms with van der Waals surface area (Å²) in [5.74, 6) is -2.01. The smallest absolute Gasteiger partial charge is 0.335 e. The zero-order valence-corrected chi connectivity index (χ0v) is 38.0. The summed E-state index contributed by atoms with van der Waals surface area (Å²) in [6.45, 7) is 10.5. The summed E-state index contributed by atoms with van der Waals surface area (Å²) in [6.07, 6.45) is 0. The van der Waals surface area contributed by atoms with Gasteiger partial charge in [-0.2, -0.15) is 57.7 Å². The first kappa shape index (κ1) is 49.5. The highest BCUT2D eigenvalue weighted by Gasteiger charge is 2.24. The molecule has 0 aliphatic heterocycles. The molecule has 0 radical (unpaired) electrons. The van der Waals surface area contributed by atoms with Gasteiger partial charge in [0.25, 0.3) is 20.2 Å². The maximum atomic E-state index is 11.6. The number of carboxylic acid groups (broad SMARTS) is 2. The number of aromatic carboxylic acids is 2. The van der Waals surface area contributed by atoms with Crippen LogP contribution in [-0.4, -0.2) is 48.1 Å². The van der Waals surface area contributed by atoms with Crippen molar-refractivity contribution in [1.29, 1.82) is 0 Å². The van der Waals surface area contributed by atoms with Gasteiger partial charge in [0.05, 0.1) is 55.0 Å². The van der Waals surface area contributed by atoms with Crippen LogP contribution in [0.3, 0.4) is 0 Å². The average Bonchev–Trinajstić information content (AvgIpc) is 3.27. The minimum atomic E-state index is -4.35. The molecule has 0 spiro atoms. The predicted octanol–water partition coefficient (Wildman–Crippen LogP) is 12.7. The predicted molar refractivity (Wildman–Crippen MR) is 245 cm³/mol. The topological polar surface area (TPSA) is 282 Å². The standard InChI is InChI=1S/2C23H22N4O5S/c1-15-4-9-20(14-21(15)33(30,31)32)26-27-23(2,3)17-7-12-19(13-8-17)25-24-18-10-5-16(6-11-18)22(28)29;1-15-4-7-17(14-21(15)33(30,31)32)23(2,3)27-26-20-12-10-19(11-13-20)25-24-18-8-5-16(6-9-18)22(28)29/h2*4-14H,1-3H3,(H,28,29)(H,30,31,32). The second-order valence-corrected chi connectivity index (χ2v) is 18.3. The summed E-state index contributed by atoms with van der Waals surface area (Å²) in [4.78, 5) is 21.4. The highest BCUT2D eigenvalue weighted by atomic mass is 32.2. The fraction of sp³-hybridized carbons (Fsp3) is 0.174. The number of aryl methyl sites for hydroxylation is 2. The Balaban J connectivity index is 0.000000247. The van der Waals surface area contributed by atoms with Gasteiger partial charge in [-0.25, -0.2) is 9.59 Å². The normalized spacial score (nSPS) is 12.5. The van der Waals surface area contributed by atoms with Crippen LogP contribution in [0.2, 0.25) is 0 Å². The van der Waals surface area contributed by atoms with E-state index in [2.05, 4.69) is 40.9 Å². The lowest BCUT2D eigenvalue weighted by molar-refractivity contribution is 0.0686. The van der Waals surface area contributed by atoms with Gasteiger partial charge < -0.3 is 10.2 Å². The molecular formula is C46H44N8O10S2. The number of azo groups is 4. The molecule has 0 aliphatic rings. The molecule has 0 amide bonds. The van der Waals surface area contributed by atoms with E-state index in [1.165, 1.54) is 36.4 Å². The maximum Gasteiger partial charge on any atom is 0.335 e. The number of rotatable bonds is 14. The molecule has 0 heterocycles. The second kappa shape index (κ2) is 20.5. The lowest BCUT2D eigenvalue weighted by Gasteiger charge is -2.20. The molecule has 6 rings (SSSR count). The summed E-state index contributed by atoms with van der Waals surface area (Å²) in [6, 6.07) is 35.3. The maximum absolute atomic E-state index is 11.6. The molecule has 0 fully saturated rings. The summed E-state index contributed by atoms with van der Waals surface area (Å²) in [5, 5.41) is 51.4. The van der Waals surface area contributed by atoms with Crippen molar-refractivity contribution in [2.45, 2.75) is 62.4 Å². The fourth-order valence-corrected chi connectivity index (χ4v) is 7.26. The molecule has 20 heteroatoms. The molecule has 0 saturated heterocycles. The van der Waals surface area contributed by atoms with Crippen molar-refractivity contribution in [1.82, 2.24) is 0 Å². The Morgan fingerprint density at radius 2 is 0.697 bits per heavy atom. The molecule has 6 aromatic rings. The zero-order valence-electron chi connectivity index (χ0n) is 36.3. The Labute approximate surface area is 380 Å². The van der Waals surface area contributed by atoms with Gasteiger partial charge in [0.15, 0.2) is 0 Å². The van der Waals surface area contributed by atoms with E-state index in [1.807, 2.05) is 26.0 Å². The molecule has 6 aromatic carbocycles. The van der Waals surface area contributed by atoms with Crippen LogP contribution >= 0.6 is 0 Å². The second-order valence-electron chi connectivity index (χ2n) is 15.6. The van der Waals surface area contributed by atoms with Crippen molar-refractivity contribution in [3.8, 4) is 0 Å². The Morgan fingerprint density at radius 3 is 1.09 bits per heavy atom. The number of carboxylic acids is 2. The van der Waals surface area contributed by atoms with Gasteiger partial charge in [-0.1, -0.05) is 30.3 Å². The largest absolute Gasteiger partial charge is 0.478 e. The molecule has 4 N–H and O–H groups in total. The summed E-state index contributed by atoms with van der Waals surface area (Å²) in [5.41, 5.74) is 4.18. The van der Waals surface area contributed by atoms with Gasteiger partial charge in [0.2, 0.25) is 0 Å². The molecule has 0 saturated carbocycles. The van der Waals surface area contributed by atoms with Crippen LogP contribution in [0.4, 0.5) is 34.1 Å². The first-order chi connectivity index (χ1) is 30.9. The van der Waals surface area contributed by atoms with E-state index in [9.17, 15) is 35.5 Å². The highest BCUT2D eigenvalue weighted by Crippen LogP contribution is 2.32. The highest BCUT2D eigenvalue weighted by molar-refractivity contribution is 7.86. The monoisotopic (exact) mass is 932 g/mol. The third kappa shape index (κ3) is 13.7. The minimum absolute atomic E-state index is 0.157. The van der Waals surface area contributed by atoms with Crippen LogP contribution in [0.5, 0.6) is 0 Å². The first-order valence-corrected chi connectivity index (χ1v) is 22.5. The minimum Gasteiger partial charge on any atom is -0.478 e. The quantitative estimate of drug-likeness (QED) is 0.0591. The van der Waals surface area contributed by atoms with Crippen molar-refractivity contribution in [2.24, 2.45) is 40.9 Å². The number of carbonyl (C=O) groups is 2. The van der Waals surface area contributed by atoms with Crippen molar-refractivity contribution >= 4 is 66.3 Å². The first-order valence-electron chi connectivity index (χ1n) is 19.6. The summed E-state index contributed by atoms with van der Waals surface area (Å²) < 4.78 is 64.9. The SMILES string of the molecule is Cc1ccc(C(C)(C)N=Nc2ccc(N=Nc3ccc(C(=O)O)cc3)cc2)cc1S(=O)(=O)O.Cc1ccc(N=NC(C)(C)c2ccc(N=Nc3ccc(C(=O)O)cc3)cc2)cc1S(=O)(=O)O. The van der Waals surface area contributed by atoms with Crippen LogP contribution < -0.4 is 0 Å². The molecular weight excluding hydrogens is 889 g/mol. The van der Waals surface area contributed by atoms with Crippen LogP contribution in [0.15, 0.2) is 184 Å². The van der Waals surface area contributed by atoms with Crippen LogP contribution in [0.1, 0.15) is 70.7 Å². The van der Waals surface area contributed by atoms with Crippen LogP contribution in [0, 0.1) is 13.8 Å². The van der Waals surface area contributed by atoms with E-state index in [1.54, 1.807) is 113 Å². The van der Waals surface area contributed by atoms with E-state index in [4.69, 9.17) is 10.2 Å². The van der Waals surface area contributed by atoms with Crippen molar-refractivity contribution in [3.63, 3.8) is 0 Å². The molecule has 66 heavy (non-hydrogen) atoms. The molecule has 0 aromatic heterocycles.